The zero-order valence-electron chi connectivity index (χ0n) is 12.7. The number of hydrogen-bond acceptors (Lipinski definition) is 4. The lowest BCUT2D eigenvalue weighted by Crippen LogP contribution is -2.31. The number of rotatable bonds is 6. The standard InChI is InChI=1S/C16H25N3O2/c1-12-3-4-13(11-19-12)16(20)18-9-2-10-21-15-7-5-14(17)6-8-15/h3-4,11,14-15H,2,5-10,17H2,1H3,(H,18,20). The number of amides is 1. The van der Waals surface area contributed by atoms with E-state index in [-0.39, 0.29) is 5.91 Å². The monoisotopic (exact) mass is 291 g/mol. The van der Waals surface area contributed by atoms with E-state index in [1.54, 1.807) is 12.3 Å². The van der Waals surface area contributed by atoms with Gasteiger partial charge in [-0.3, -0.25) is 9.78 Å². The Hall–Kier alpha value is -1.46. The highest BCUT2D eigenvalue weighted by molar-refractivity contribution is 5.93. The highest BCUT2D eigenvalue weighted by Gasteiger charge is 2.18. The Morgan fingerprint density at radius 2 is 2.14 bits per heavy atom. The molecule has 116 valence electrons. The fraction of sp³-hybridized carbons (Fsp3) is 0.625. The van der Waals surface area contributed by atoms with Gasteiger partial charge in [0.25, 0.3) is 5.91 Å². The van der Waals surface area contributed by atoms with Crippen LogP contribution in [0.3, 0.4) is 0 Å². The SMILES string of the molecule is Cc1ccc(C(=O)NCCCOC2CCC(N)CC2)cn1. The molecule has 2 rings (SSSR count). The first kappa shape index (κ1) is 15.9. The molecule has 0 spiro atoms. The second-order valence-electron chi connectivity index (χ2n) is 5.71. The van der Waals surface area contributed by atoms with Gasteiger partial charge in [-0.2, -0.15) is 0 Å². The molecule has 1 aromatic rings. The predicted molar refractivity (Wildman–Crippen MR) is 82.1 cm³/mol. The Labute approximate surface area is 126 Å². The summed E-state index contributed by atoms with van der Waals surface area (Å²) in [6.07, 6.45) is 7.01. The molecule has 3 N–H and O–H groups in total. The average molecular weight is 291 g/mol. The molecule has 0 unspecified atom stereocenters. The zero-order chi connectivity index (χ0) is 15.1. The smallest absolute Gasteiger partial charge is 0.252 e. The maximum Gasteiger partial charge on any atom is 0.252 e. The third-order valence-corrected chi connectivity index (χ3v) is 3.85. The van der Waals surface area contributed by atoms with E-state index >= 15 is 0 Å². The number of hydrogen-bond donors (Lipinski definition) is 2. The molecule has 1 fully saturated rings. The number of aryl methyl sites for hydroxylation is 1. The molecule has 0 radical (unpaired) electrons. The number of carbonyl (C=O) groups is 1. The third-order valence-electron chi connectivity index (χ3n) is 3.85. The highest BCUT2D eigenvalue weighted by atomic mass is 16.5. The fourth-order valence-electron chi connectivity index (χ4n) is 2.48. The molecule has 0 aliphatic heterocycles. The van der Waals surface area contributed by atoms with Crippen LogP contribution in [0.5, 0.6) is 0 Å². The van der Waals surface area contributed by atoms with Gasteiger partial charge in [-0.05, 0) is 51.2 Å². The number of carbonyl (C=O) groups excluding carboxylic acids is 1. The van der Waals surface area contributed by atoms with Gasteiger partial charge in [-0.25, -0.2) is 0 Å². The van der Waals surface area contributed by atoms with Gasteiger partial charge in [0.15, 0.2) is 0 Å². The second-order valence-corrected chi connectivity index (χ2v) is 5.71. The average Bonchev–Trinajstić information content (AvgIpc) is 2.49. The first-order valence-corrected chi connectivity index (χ1v) is 7.73. The van der Waals surface area contributed by atoms with E-state index in [0.717, 1.165) is 37.8 Å². The van der Waals surface area contributed by atoms with Gasteiger partial charge in [0, 0.05) is 31.1 Å². The maximum absolute atomic E-state index is 11.9. The molecule has 1 aliphatic rings. The van der Waals surface area contributed by atoms with Crippen molar-refractivity contribution in [3.63, 3.8) is 0 Å². The number of nitrogens with two attached hydrogens (primary N) is 1. The topological polar surface area (TPSA) is 77.2 Å². The van der Waals surface area contributed by atoms with Crippen molar-refractivity contribution in [3.8, 4) is 0 Å². The van der Waals surface area contributed by atoms with Crippen LogP contribution in [0.1, 0.15) is 48.2 Å². The summed E-state index contributed by atoms with van der Waals surface area (Å²) in [5.74, 6) is -0.0776. The van der Waals surface area contributed by atoms with Gasteiger partial charge < -0.3 is 15.8 Å². The van der Waals surface area contributed by atoms with Crippen molar-refractivity contribution in [1.29, 1.82) is 0 Å². The summed E-state index contributed by atoms with van der Waals surface area (Å²) in [4.78, 5) is 16.0. The van der Waals surface area contributed by atoms with Crippen LogP contribution >= 0.6 is 0 Å². The normalized spacial score (nSPS) is 22.0. The van der Waals surface area contributed by atoms with E-state index in [1.807, 2.05) is 13.0 Å². The zero-order valence-corrected chi connectivity index (χ0v) is 12.7. The summed E-state index contributed by atoms with van der Waals surface area (Å²) >= 11 is 0. The first-order valence-electron chi connectivity index (χ1n) is 7.73. The van der Waals surface area contributed by atoms with Gasteiger partial charge >= 0.3 is 0 Å². The fourth-order valence-corrected chi connectivity index (χ4v) is 2.48. The van der Waals surface area contributed by atoms with E-state index in [0.29, 0.717) is 30.9 Å². The lowest BCUT2D eigenvalue weighted by molar-refractivity contribution is 0.0241. The van der Waals surface area contributed by atoms with Crippen molar-refractivity contribution < 1.29 is 9.53 Å². The lowest BCUT2D eigenvalue weighted by Gasteiger charge is -2.26. The molecule has 5 nitrogen and oxygen atoms in total. The number of nitrogens with zero attached hydrogens (tertiary/aromatic N) is 1. The van der Waals surface area contributed by atoms with Crippen LogP contribution in [0.2, 0.25) is 0 Å². The maximum atomic E-state index is 11.9. The van der Waals surface area contributed by atoms with Gasteiger partial charge in [-0.1, -0.05) is 0 Å². The van der Waals surface area contributed by atoms with Crippen molar-refractivity contribution in [2.75, 3.05) is 13.2 Å². The summed E-state index contributed by atoms with van der Waals surface area (Å²) in [7, 11) is 0. The molecule has 0 atom stereocenters. The van der Waals surface area contributed by atoms with Gasteiger partial charge in [0.05, 0.1) is 11.7 Å². The number of aromatic nitrogens is 1. The number of nitrogens with one attached hydrogen (secondary N) is 1. The van der Waals surface area contributed by atoms with E-state index in [9.17, 15) is 4.79 Å². The van der Waals surface area contributed by atoms with E-state index in [1.165, 1.54) is 0 Å². The molecule has 0 saturated heterocycles. The van der Waals surface area contributed by atoms with Crippen molar-refractivity contribution in [2.45, 2.75) is 51.2 Å². The largest absolute Gasteiger partial charge is 0.378 e. The first-order chi connectivity index (χ1) is 10.1. The number of ether oxygens (including phenoxy) is 1. The number of pyridine rings is 1. The van der Waals surface area contributed by atoms with Gasteiger partial charge in [0.1, 0.15) is 0 Å². The van der Waals surface area contributed by atoms with E-state index in [2.05, 4.69) is 10.3 Å². The molecular weight excluding hydrogens is 266 g/mol. The molecule has 5 heteroatoms. The van der Waals surface area contributed by atoms with Crippen LogP contribution < -0.4 is 11.1 Å². The highest BCUT2D eigenvalue weighted by Crippen LogP contribution is 2.19. The van der Waals surface area contributed by atoms with Crippen LogP contribution in [0.15, 0.2) is 18.3 Å². The Kier molecular flexibility index (Phi) is 6.14. The molecule has 1 amide bonds. The van der Waals surface area contributed by atoms with Gasteiger partial charge in [0.2, 0.25) is 0 Å². The van der Waals surface area contributed by atoms with Crippen molar-refractivity contribution in [1.82, 2.24) is 10.3 Å². The van der Waals surface area contributed by atoms with Crippen LogP contribution in [0.4, 0.5) is 0 Å². The third kappa shape index (κ3) is 5.44. The Balaban J connectivity index is 1.57. The van der Waals surface area contributed by atoms with Gasteiger partial charge in [-0.15, -0.1) is 0 Å². The molecule has 1 aliphatic carbocycles. The van der Waals surface area contributed by atoms with Crippen LogP contribution in [0, 0.1) is 6.92 Å². The van der Waals surface area contributed by atoms with Crippen molar-refractivity contribution in [3.05, 3.63) is 29.6 Å². The summed E-state index contributed by atoms with van der Waals surface area (Å²) in [5, 5.41) is 2.88. The molecule has 0 bridgehead atoms. The molecule has 21 heavy (non-hydrogen) atoms. The minimum Gasteiger partial charge on any atom is -0.378 e. The molecular formula is C16H25N3O2. The Bertz CT molecular complexity index is 439. The molecule has 1 aromatic heterocycles. The summed E-state index contributed by atoms with van der Waals surface area (Å²) in [6, 6.07) is 3.98. The van der Waals surface area contributed by atoms with Crippen LogP contribution in [-0.4, -0.2) is 36.2 Å². The second kappa shape index (κ2) is 8.10. The van der Waals surface area contributed by atoms with Crippen molar-refractivity contribution in [2.24, 2.45) is 5.73 Å². The summed E-state index contributed by atoms with van der Waals surface area (Å²) in [5.41, 5.74) is 7.37. The lowest BCUT2D eigenvalue weighted by atomic mass is 9.94. The van der Waals surface area contributed by atoms with E-state index < -0.39 is 0 Å². The van der Waals surface area contributed by atoms with Crippen molar-refractivity contribution >= 4 is 5.91 Å². The minimum atomic E-state index is -0.0776. The Morgan fingerprint density at radius 3 is 2.81 bits per heavy atom. The Morgan fingerprint density at radius 1 is 1.38 bits per heavy atom. The minimum absolute atomic E-state index is 0.0776. The molecule has 1 saturated carbocycles. The predicted octanol–water partition coefficient (Wildman–Crippen LogP) is 1.80. The molecule has 1 heterocycles. The summed E-state index contributed by atoms with van der Waals surface area (Å²) in [6.45, 7) is 3.21. The quantitative estimate of drug-likeness (QED) is 0.783. The summed E-state index contributed by atoms with van der Waals surface area (Å²) < 4.78 is 5.82. The van der Waals surface area contributed by atoms with E-state index in [4.69, 9.17) is 10.5 Å². The van der Waals surface area contributed by atoms with Crippen LogP contribution in [0.25, 0.3) is 0 Å². The van der Waals surface area contributed by atoms with Crippen LogP contribution in [-0.2, 0) is 4.74 Å². The molecule has 0 aromatic carbocycles.